The van der Waals surface area contributed by atoms with Gasteiger partial charge in [-0.2, -0.15) is 0 Å². The van der Waals surface area contributed by atoms with Crippen molar-refractivity contribution in [2.45, 2.75) is 39.0 Å². The summed E-state index contributed by atoms with van der Waals surface area (Å²) in [4.78, 5) is 25.9. The zero-order valence-electron chi connectivity index (χ0n) is 13.0. The SMILES string of the molecule is CC1(C(=O)N2CCC(C(=O)O)CC2)CCc2ccccc2C1. The van der Waals surface area contributed by atoms with Crippen LogP contribution in [0.3, 0.4) is 0 Å². The number of nitrogens with zero attached hydrogens (tertiary/aromatic N) is 1. The number of carbonyl (C=O) groups is 2. The Morgan fingerprint density at radius 3 is 2.45 bits per heavy atom. The Labute approximate surface area is 131 Å². The van der Waals surface area contributed by atoms with Crippen LogP contribution in [0.1, 0.15) is 37.3 Å². The molecule has 0 bridgehead atoms. The minimum atomic E-state index is -0.732. The highest BCUT2D eigenvalue weighted by atomic mass is 16.4. The highest BCUT2D eigenvalue weighted by molar-refractivity contribution is 5.83. The molecule has 1 fully saturated rings. The standard InChI is InChI=1S/C18H23NO3/c1-18(9-6-13-4-2-3-5-15(13)12-18)17(22)19-10-7-14(8-11-19)16(20)21/h2-5,14H,6-12H2,1H3,(H,20,21). The molecule has 1 aromatic rings. The van der Waals surface area contributed by atoms with Crippen LogP contribution in [0.25, 0.3) is 0 Å². The smallest absolute Gasteiger partial charge is 0.306 e. The zero-order valence-corrected chi connectivity index (χ0v) is 13.0. The van der Waals surface area contributed by atoms with Crippen molar-refractivity contribution in [2.75, 3.05) is 13.1 Å². The second-order valence-corrected chi connectivity index (χ2v) is 6.91. The first-order valence-electron chi connectivity index (χ1n) is 8.08. The number of benzene rings is 1. The van der Waals surface area contributed by atoms with E-state index in [9.17, 15) is 9.59 Å². The summed E-state index contributed by atoms with van der Waals surface area (Å²) < 4.78 is 0. The van der Waals surface area contributed by atoms with Crippen molar-refractivity contribution < 1.29 is 14.7 Å². The molecule has 2 aliphatic rings. The summed E-state index contributed by atoms with van der Waals surface area (Å²) in [5.74, 6) is -0.820. The first-order chi connectivity index (χ1) is 10.5. The molecule has 0 aromatic heterocycles. The van der Waals surface area contributed by atoms with E-state index in [1.165, 1.54) is 11.1 Å². The number of rotatable bonds is 2. The maximum atomic E-state index is 12.9. The van der Waals surface area contributed by atoms with Crippen molar-refractivity contribution in [3.05, 3.63) is 35.4 Å². The van der Waals surface area contributed by atoms with E-state index in [1.54, 1.807) is 0 Å². The van der Waals surface area contributed by atoms with Gasteiger partial charge in [-0.05, 0) is 43.2 Å². The second kappa shape index (κ2) is 5.75. The number of carbonyl (C=O) groups excluding carboxylic acids is 1. The Balaban J connectivity index is 1.69. The van der Waals surface area contributed by atoms with Crippen LogP contribution in [0.15, 0.2) is 24.3 Å². The van der Waals surface area contributed by atoms with Crippen LogP contribution in [0.2, 0.25) is 0 Å². The van der Waals surface area contributed by atoms with Gasteiger partial charge in [-0.3, -0.25) is 9.59 Å². The topological polar surface area (TPSA) is 57.6 Å². The molecule has 1 N–H and O–H groups in total. The largest absolute Gasteiger partial charge is 0.481 e. The number of hydrogen-bond acceptors (Lipinski definition) is 2. The van der Waals surface area contributed by atoms with Crippen molar-refractivity contribution in [2.24, 2.45) is 11.3 Å². The fourth-order valence-electron chi connectivity index (χ4n) is 3.79. The summed E-state index contributed by atoms with van der Waals surface area (Å²) >= 11 is 0. The fraction of sp³-hybridized carbons (Fsp3) is 0.556. The van der Waals surface area contributed by atoms with Gasteiger partial charge in [-0.15, -0.1) is 0 Å². The lowest BCUT2D eigenvalue weighted by atomic mass is 9.71. The number of amides is 1. The van der Waals surface area contributed by atoms with E-state index in [0.717, 1.165) is 19.3 Å². The monoisotopic (exact) mass is 301 g/mol. The zero-order chi connectivity index (χ0) is 15.7. The number of carboxylic acid groups (broad SMARTS) is 1. The Hall–Kier alpha value is -1.84. The number of carboxylic acids is 1. The molecule has 1 aliphatic carbocycles. The summed E-state index contributed by atoms with van der Waals surface area (Å²) in [6.07, 6.45) is 3.77. The molecular formula is C18H23NO3. The first-order valence-corrected chi connectivity index (χ1v) is 8.08. The summed E-state index contributed by atoms with van der Waals surface area (Å²) in [7, 11) is 0. The predicted octanol–water partition coefficient (Wildman–Crippen LogP) is 2.50. The van der Waals surface area contributed by atoms with E-state index >= 15 is 0 Å². The fourth-order valence-corrected chi connectivity index (χ4v) is 3.79. The van der Waals surface area contributed by atoms with E-state index in [1.807, 2.05) is 11.0 Å². The number of piperidine rings is 1. The molecule has 1 heterocycles. The van der Waals surface area contributed by atoms with Gasteiger partial charge in [-0.25, -0.2) is 0 Å². The molecule has 4 nitrogen and oxygen atoms in total. The second-order valence-electron chi connectivity index (χ2n) is 6.91. The van der Waals surface area contributed by atoms with E-state index in [-0.39, 0.29) is 17.2 Å². The highest BCUT2D eigenvalue weighted by Crippen LogP contribution is 2.37. The van der Waals surface area contributed by atoms with Crippen LogP contribution in [0, 0.1) is 11.3 Å². The van der Waals surface area contributed by atoms with Crippen molar-refractivity contribution in [1.29, 1.82) is 0 Å². The molecule has 118 valence electrons. The van der Waals surface area contributed by atoms with Gasteiger partial charge in [0, 0.05) is 13.1 Å². The quantitative estimate of drug-likeness (QED) is 0.913. The van der Waals surface area contributed by atoms with Crippen molar-refractivity contribution >= 4 is 11.9 Å². The highest BCUT2D eigenvalue weighted by Gasteiger charge is 2.40. The van der Waals surface area contributed by atoms with E-state index in [0.29, 0.717) is 25.9 Å². The average molecular weight is 301 g/mol. The third-order valence-electron chi connectivity index (χ3n) is 5.29. The van der Waals surface area contributed by atoms with E-state index in [2.05, 4.69) is 25.1 Å². The average Bonchev–Trinajstić information content (AvgIpc) is 2.54. The third-order valence-corrected chi connectivity index (χ3v) is 5.29. The molecule has 1 unspecified atom stereocenters. The molecule has 1 aliphatic heterocycles. The summed E-state index contributed by atoms with van der Waals surface area (Å²) in [6, 6.07) is 8.36. The maximum Gasteiger partial charge on any atom is 0.306 e. The van der Waals surface area contributed by atoms with Gasteiger partial charge in [0.2, 0.25) is 5.91 Å². The number of hydrogen-bond donors (Lipinski definition) is 1. The Morgan fingerprint density at radius 2 is 1.82 bits per heavy atom. The van der Waals surface area contributed by atoms with E-state index < -0.39 is 5.97 Å². The maximum absolute atomic E-state index is 12.9. The van der Waals surface area contributed by atoms with Gasteiger partial charge in [0.25, 0.3) is 0 Å². The Morgan fingerprint density at radius 1 is 1.18 bits per heavy atom. The summed E-state index contributed by atoms with van der Waals surface area (Å²) in [6.45, 7) is 3.22. The predicted molar refractivity (Wildman–Crippen MR) is 83.5 cm³/mol. The van der Waals surface area contributed by atoms with Crippen LogP contribution in [-0.4, -0.2) is 35.0 Å². The van der Waals surface area contributed by atoms with Gasteiger partial charge in [-0.1, -0.05) is 31.2 Å². The number of likely N-dealkylation sites (tertiary alicyclic amines) is 1. The van der Waals surface area contributed by atoms with Crippen LogP contribution in [0.4, 0.5) is 0 Å². The summed E-state index contributed by atoms with van der Waals surface area (Å²) in [5, 5.41) is 9.07. The third kappa shape index (κ3) is 2.74. The van der Waals surface area contributed by atoms with Crippen molar-refractivity contribution in [3.63, 3.8) is 0 Å². The molecule has 22 heavy (non-hydrogen) atoms. The molecule has 0 saturated carbocycles. The van der Waals surface area contributed by atoms with Crippen LogP contribution in [0.5, 0.6) is 0 Å². The minimum Gasteiger partial charge on any atom is -0.481 e. The Kier molecular flexibility index (Phi) is 3.94. The number of aryl methyl sites for hydroxylation is 1. The normalized spacial score (nSPS) is 25.6. The molecule has 0 radical (unpaired) electrons. The van der Waals surface area contributed by atoms with Gasteiger partial charge in [0.05, 0.1) is 11.3 Å². The first kappa shape index (κ1) is 15.1. The molecule has 1 atom stereocenters. The van der Waals surface area contributed by atoms with Gasteiger partial charge in [0.1, 0.15) is 0 Å². The van der Waals surface area contributed by atoms with Gasteiger partial charge >= 0.3 is 5.97 Å². The number of fused-ring (bicyclic) bond motifs is 1. The van der Waals surface area contributed by atoms with Crippen molar-refractivity contribution in [1.82, 2.24) is 4.90 Å². The van der Waals surface area contributed by atoms with Crippen molar-refractivity contribution in [3.8, 4) is 0 Å². The van der Waals surface area contributed by atoms with Gasteiger partial charge < -0.3 is 10.0 Å². The molecule has 4 heteroatoms. The van der Waals surface area contributed by atoms with Crippen LogP contribution >= 0.6 is 0 Å². The lowest BCUT2D eigenvalue weighted by Gasteiger charge is -2.40. The van der Waals surface area contributed by atoms with Crippen LogP contribution in [-0.2, 0) is 22.4 Å². The lowest BCUT2D eigenvalue weighted by Crippen LogP contribution is -2.48. The lowest BCUT2D eigenvalue weighted by molar-refractivity contribution is -0.149. The van der Waals surface area contributed by atoms with Crippen LogP contribution < -0.4 is 0 Å². The number of aliphatic carboxylic acids is 1. The molecule has 3 rings (SSSR count). The Bertz CT molecular complexity index is 590. The minimum absolute atomic E-state index is 0.200. The molecule has 1 amide bonds. The molecule has 1 saturated heterocycles. The molecule has 1 aromatic carbocycles. The van der Waals surface area contributed by atoms with Gasteiger partial charge in [0.15, 0.2) is 0 Å². The summed E-state index contributed by atoms with van der Waals surface area (Å²) in [5.41, 5.74) is 2.30. The molecule has 0 spiro atoms. The van der Waals surface area contributed by atoms with E-state index in [4.69, 9.17) is 5.11 Å². The molecular weight excluding hydrogens is 278 g/mol.